The highest BCUT2D eigenvalue weighted by molar-refractivity contribution is 7.80. The molecule has 3 rings (SSSR count). The first-order chi connectivity index (χ1) is 12.6. The summed E-state index contributed by atoms with van der Waals surface area (Å²) in [6.45, 7) is 5.46. The minimum absolute atomic E-state index is 0.209. The molecule has 1 N–H and O–H groups in total. The molecule has 0 aromatic heterocycles. The van der Waals surface area contributed by atoms with E-state index in [1.165, 1.54) is 0 Å². The molecule has 1 aliphatic heterocycles. The normalized spacial score (nSPS) is 20.0. The number of allylic oxidation sites excluding steroid dienone is 1. The number of hydrogen-bond donors (Lipinski definition) is 1. The lowest BCUT2D eigenvalue weighted by molar-refractivity contribution is -0.116. The molecule has 0 saturated carbocycles. The molecule has 1 heterocycles. The molecule has 0 saturated heterocycles. The number of hydrogen-bond acceptors (Lipinski definition) is 4. The number of ketones is 1. The monoisotopic (exact) mass is 374 g/mol. The van der Waals surface area contributed by atoms with Crippen molar-refractivity contribution in [3.05, 3.63) is 35.0 Å². The number of methoxy groups -OCH3 is 1. The second-order valence-corrected chi connectivity index (χ2v) is 6.90. The third-order valence-corrected chi connectivity index (χ3v) is 5.16. The summed E-state index contributed by atoms with van der Waals surface area (Å²) in [5.74, 6) is 1.58. The minimum Gasteiger partial charge on any atom is -0.493 e. The Labute approximate surface area is 160 Å². The Bertz CT molecular complexity index is 745. The highest BCUT2D eigenvalue weighted by Crippen LogP contribution is 2.39. The highest BCUT2D eigenvalue weighted by Gasteiger charge is 2.37. The minimum atomic E-state index is -0.233. The molecule has 1 unspecified atom stereocenters. The number of nitrogens with zero attached hydrogens (tertiary/aromatic N) is 1. The Morgan fingerprint density at radius 1 is 1.27 bits per heavy atom. The SMILES string of the molecule is CCCN1C(=S)NC(c2ccc(OCC)c(OC)c2)C2=C1CCCC2=O. The number of carbonyl (C=O) groups is 1. The molecule has 0 bridgehead atoms. The molecule has 1 aromatic carbocycles. The number of thiocarbonyl (C=S) groups is 1. The average molecular weight is 375 g/mol. The van der Waals surface area contributed by atoms with Gasteiger partial charge >= 0.3 is 0 Å². The Balaban J connectivity index is 2.05. The molecule has 140 valence electrons. The van der Waals surface area contributed by atoms with Gasteiger partial charge in [0, 0.05) is 24.2 Å². The van der Waals surface area contributed by atoms with Crippen LogP contribution in [0.25, 0.3) is 0 Å². The van der Waals surface area contributed by atoms with E-state index in [2.05, 4.69) is 17.1 Å². The zero-order chi connectivity index (χ0) is 18.7. The van der Waals surface area contributed by atoms with Crippen LogP contribution in [0.4, 0.5) is 0 Å². The van der Waals surface area contributed by atoms with Gasteiger partial charge in [0.05, 0.1) is 19.8 Å². The van der Waals surface area contributed by atoms with Gasteiger partial charge in [-0.05, 0) is 56.1 Å². The van der Waals surface area contributed by atoms with Crippen molar-refractivity contribution < 1.29 is 14.3 Å². The highest BCUT2D eigenvalue weighted by atomic mass is 32.1. The molecular weight excluding hydrogens is 348 g/mol. The Morgan fingerprint density at radius 2 is 2.08 bits per heavy atom. The van der Waals surface area contributed by atoms with Gasteiger partial charge in [0.25, 0.3) is 0 Å². The molecule has 1 atom stereocenters. The van der Waals surface area contributed by atoms with E-state index < -0.39 is 0 Å². The lowest BCUT2D eigenvalue weighted by Gasteiger charge is -2.41. The molecule has 0 fully saturated rings. The van der Waals surface area contributed by atoms with E-state index in [4.69, 9.17) is 21.7 Å². The Morgan fingerprint density at radius 3 is 2.77 bits per heavy atom. The number of ether oxygens (including phenoxy) is 2. The van der Waals surface area contributed by atoms with Gasteiger partial charge in [0.2, 0.25) is 0 Å². The van der Waals surface area contributed by atoms with Gasteiger partial charge in [0.1, 0.15) is 0 Å². The van der Waals surface area contributed by atoms with Crippen molar-refractivity contribution in [3.8, 4) is 11.5 Å². The summed E-state index contributed by atoms with van der Waals surface area (Å²) in [5, 5.41) is 4.07. The van der Waals surface area contributed by atoms with Crippen molar-refractivity contribution >= 4 is 23.1 Å². The van der Waals surface area contributed by atoms with Gasteiger partial charge in [-0.3, -0.25) is 4.79 Å². The number of carbonyl (C=O) groups excluding carboxylic acids is 1. The van der Waals surface area contributed by atoms with Crippen molar-refractivity contribution in [2.75, 3.05) is 20.3 Å². The van der Waals surface area contributed by atoms with E-state index in [1.54, 1.807) is 7.11 Å². The molecule has 0 spiro atoms. The van der Waals surface area contributed by atoms with Crippen LogP contribution in [0, 0.1) is 0 Å². The fraction of sp³-hybridized carbons (Fsp3) is 0.500. The van der Waals surface area contributed by atoms with Crippen molar-refractivity contribution in [2.45, 2.75) is 45.6 Å². The van der Waals surface area contributed by atoms with Crippen LogP contribution in [-0.4, -0.2) is 36.1 Å². The van der Waals surface area contributed by atoms with E-state index >= 15 is 0 Å². The lowest BCUT2D eigenvalue weighted by atomic mass is 9.84. The molecule has 6 heteroatoms. The number of rotatable bonds is 6. The second-order valence-electron chi connectivity index (χ2n) is 6.51. The summed E-state index contributed by atoms with van der Waals surface area (Å²) in [4.78, 5) is 14.9. The second kappa shape index (κ2) is 8.08. The van der Waals surface area contributed by atoms with E-state index in [1.807, 2.05) is 25.1 Å². The molecule has 0 amide bonds. The molecule has 1 aliphatic carbocycles. The van der Waals surface area contributed by atoms with Crippen LogP contribution in [0.3, 0.4) is 0 Å². The smallest absolute Gasteiger partial charge is 0.173 e. The molecule has 5 nitrogen and oxygen atoms in total. The quantitative estimate of drug-likeness (QED) is 0.766. The number of benzene rings is 1. The van der Waals surface area contributed by atoms with Gasteiger partial charge in [-0.1, -0.05) is 13.0 Å². The van der Waals surface area contributed by atoms with E-state index in [9.17, 15) is 4.79 Å². The lowest BCUT2D eigenvalue weighted by Crippen LogP contribution is -2.49. The van der Waals surface area contributed by atoms with Gasteiger partial charge in [-0.15, -0.1) is 0 Å². The van der Waals surface area contributed by atoms with Crippen molar-refractivity contribution in [3.63, 3.8) is 0 Å². The first kappa shape index (κ1) is 18.7. The van der Waals surface area contributed by atoms with Crippen LogP contribution in [0.5, 0.6) is 11.5 Å². The summed E-state index contributed by atoms with van der Waals surface area (Å²) >= 11 is 5.62. The van der Waals surface area contributed by atoms with Crippen LogP contribution in [0.1, 0.15) is 51.1 Å². The van der Waals surface area contributed by atoms with Gasteiger partial charge in [-0.2, -0.15) is 0 Å². The molecule has 1 aromatic rings. The summed E-state index contributed by atoms with van der Waals surface area (Å²) in [7, 11) is 1.63. The van der Waals surface area contributed by atoms with Crippen LogP contribution in [-0.2, 0) is 4.79 Å². The Hall–Kier alpha value is -2.08. The molecule has 0 radical (unpaired) electrons. The third kappa shape index (κ3) is 3.43. The summed E-state index contributed by atoms with van der Waals surface area (Å²) in [6, 6.07) is 5.58. The summed E-state index contributed by atoms with van der Waals surface area (Å²) in [6.07, 6.45) is 3.36. The van der Waals surface area contributed by atoms with E-state index in [0.29, 0.717) is 29.6 Å². The van der Waals surface area contributed by atoms with E-state index in [0.717, 1.165) is 42.6 Å². The van der Waals surface area contributed by atoms with Crippen molar-refractivity contribution in [2.24, 2.45) is 0 Å². The molecule has 26 heavy (non-hydrogen) atoms. The first-order valence-corrected chi connectivity index (χ1v) is 9.66. The van der Waals surface area contributed by atoms with Crippen LogP contribution >= 0.6 is 12.2 Å². The number of nitrogens with one attached hydrogen (secondary N) is 1. The van der Waals surface area contributed by atoms with Gasteiger partial charge in [-0.25, -0.2) is 0 Å². The fourth-order valence-electron chi connectivity index (χ4n) is 3.70. The fourth-order valence-corrected chi connectivity index (χ4v) is 4.02. The summed E-state index contributed by atoms with van der Waals surface area (Å²) < 4.78 is 11.1. The Kier molecular flexibility index (Phi) is 5.81. The maximum Gasteiger partial charge on any atom is 0.173 e. The largest absolute Gasteiger partial charge is 0.493 e. The predicted molar refractivity (Wildman–Crippen MR) is 106 cm³/mol. The zero-order valence-corrected chi connectivity index (χ0v) is 16.4. The maximum absolute atomic E-state index is 12.8. The molecule has 2 aliphatic rings. The maximum atomic E-state index is 12.8. The predicted octanol–water partition coefficient (Wildman–Crippen LogP) is 3.74. The topological polar surface area (TPSA) is 50.8 Å². The standard InChI is InChI=1S/C20H26N2O3S/c1-4-11-22-14-7-6-8-15(23)18(14)19(21-20(22)26)13-9-10-16(25-5-2)17(12-13)24-3/h9-10,12,19H,4-8,11H2,1-3H3,(H,21,26). The van der Waals surface area contributed by atoms with Crippen molar-refractivity contribution in [1.29, 1.82) is 0 Å². The third-order valence-electron chi connectivity index (χ3n) is 4.82. The van der Waals surface area contributed by atoms with Crippen molar-refractivity contribution in [1.82, 2.24) is 10.2 Å². The number of Topliss-reactive ketones (excluding diaryl/α,β-unsaturated/α-hetero) is 1. The van der Waals surface area contributed by atoms with Crippen LogP contribution in [0.15, 0.2) is 29.5 Å². The molecular formula is C20H26N2O3S. The summed E-state index contributed by atoms with van der Waals surface area (Å²) in [5.41, 5.74) is 2.90. The zero-order valence-electron chi connectivity index (χ0n) is 15.6. The van der Waals surface area contributed by atoms with Gasteiger partial charge < -0.3 is 19.7 Å². The van der Waals surface area contributed by atoms with Crippen LogP contribution in [0.2, 0.25) is 0 Å². The average Bonchev–Trinajstić information content (AvgIpc) is 2.64. The van der Waals surface area contributed by atoms with Crippen LogP contribution < -0.4 is 14.8 Å². The first-order valence-electron chi connectivity index (χ1n) is 9.25. The van der Waals surface area contributed by atoms with Gasteiger partial charge in [0.15, 0.2) is 22.4 Å². The van der Waals surface area contributed by atoms with E-state index in [-0.39, 0.29) is 11.8 Å².